The SMILES string of the molecule is Cc1coc(SCc2ccc(F)c(C(=O)O)c2)n1. The van der Waals surface area contributed by atoms with Gasteiger partial charge in [0.05, 0.1) is 11.3 Å². The summed E-state index contributed by atoms with van der Waals surface area (Å²) in [6.45, 7) is 1.81. The average molecular weight is 267 g/mol. The molecule has 18 heavy (non-hydrogen) atoms. The van der Waals surface area contributed by atoms with Crippen molar-refractivity contribution < 1.29 is 18.7 Å². The number of aromatic carboxylic acids is 1. The summed E-state index contributed by atoms with van der Waals surface area (Å²) in [6, 6.07) is 4.02. The number of carboxylic acids is 1. The fourth-order valence-electron chi connectivity index (χ4n) is 1.37. The fourth-order valence-corrected chi connectivity index (χ4v) is 2.16. The minimum Gasteiger partial charge on any atom is -0.478 e. The van der Waals surface area contributed by atoms with Crippen LogP contribution in [0.2, 0.25) is 0 Å². The molecular weight excluding hydrogens is 257 g/mol. The van der Waals surface area contributed by atoms with Crippen LogP contribution < -0.4 is 0 Å². The Morgan fingerprint density at radius 1 is 1.56 bits per heavy atom. The van der Waals surface area contributed by atoms with Crippen molar-refractivity contribution in [3.8, 4) is 0 Å². The lowest BCUT2D eigenvalue weighted by Gasteiger charge is -2.02. The topological polar surface area (TPSA) is 63.3 Å². The van der Waals surface area contributed by atoms with E-state index in [1.807, 2.05) is 6.92 Å². The number of carbonyl (C=O) groups is 1. The Hall–Kier alpha value is -1.82. The smallest absolute Gasteiger partial charge is 0.338 e. The summed E-state index contributed by atoms with van der Waals surface area (Å²) in [5.41, 5.74) is 1.16. The fraction of sp³-hybridized carbons (Fsp3) is 0.167. The van der Waals surface area contributed by atoms with Gasteiger partial charge in [0.1, 0.15) is 12.1 Å². The number of nitrogens with zero attached hydrogens (tertiary/aromatic N) is 1. The van der Waals surface area contributed by atoms with Gasteiger partial charge in [0, 0.05) is 5.75 Å². The Morgan fingerprint density at radius 2 is 2.33 bits per heavy atom. The van der Waals surface area contributed by atoms with Gasteiger partial charge in [-0.25, -0.2) is 14.2 Å². The largest absolute Gasteiger partial charge is 0.478 e. The number of aromatic nitrogens is 1. The van der Waals surface area contributed by atoms with Crippen LogP contribution in [-0.2, 0) is 5.75 Å². The van der Waals surface area contributed by atoms with Crippen molar-refractivity contribution in [2.45, 2.75) is 17.9 Å². The van der Waals surface area contributed by atoms with Crippen molar-refractivity contribution in [3.05, 3.63) is 47.1 Å². The van der Waals surface area contributed by atoms with Gasteiger partial charge >= 0.3 is 5.97 Å². The molecule has 1 N–H and O–H groups in total. The van der Waals surface area contributed by atoms with Crippen molar-refractivity contribution in [3.63, 3.8) is 0 Å². The molecule has 0 aliphatic heterocycles. The number of rotatable bonds is 4. The van der Waals surface area contributed by atoms with Gasteiger partial charge < -0.3 is 9.52 Å². The number of hydrogen-bond acceptors (Lipinski definition) is 4. The van der Waals surface area contributed by atoms with Gasteiger partial charge in [0.25, 0.3) is 5.22 Å². The zero-order chi connectivity index (χ0) is 13.1. The van der Waals surface area contributed by atoms with Crippen molar-refractivity contribution in [2.75, 3.05) is 0 Å². The number of benzene rings is 1. The summed E-state index contributed by atoms with van der Waals surface area (Å²) >= 11 is 1.33. The maximum Gasteiger partial charge on any atom is 0.338 e. The summed E-state index contributed by atoms with van der Waals surface area (Å²) in [5.74, 6) is -1.53. The van der Waals surface area contributed by atoms with E-state index in [1.165, 1.54) is 24.1 Å². The number of thioether (sulfide) groups is 1. The molecule has 1 aromatic carbocycles. The summed E-state index contributed by atoms with van der Waals surface area (Å²) in [7, 11) is 0. The van der Waals surface area contributed by atoms with Gasteiger partial charge in [-0.15, -0.1) is 0 Å². The molecule has 0 amide bonds. The van der Waals surface area contributed by atoms with Crippen molar-refractivity contribution in [1.29, 1.82) is 0 Å². The van der Waals surface area contributed by atoms with E-state index >= 15 is 0 Å². The van der Waals surface area contributed by atoms with Crippen LogP contribution in [0.4, 0.5) is 4.39 Å². The van der Waals surface area contributed by atoms with Crippen LogP contribution in [0, 0.1) is 12.7 Å². The maximum atomic E-state index is 13.2. The molecule has 0 spiro atoms. The summed E-state index contributed by atoms with van der Waals surface area (Å²) in [5, 5.41) is 9.31. The molecule has 0 fully saturated rings. The second-order valence-electron chi connectivity index (χ2n) is 3.66. The summed E-state index contributed by atoms with van der Waals surface area (Å²) in [6.07, 6.45) is 1.54. The van der Waals surface area contributed by atoms with Crippen LogP contribution in [0.15, 0.2) is 34.1 Å². The quantitative estimate of drug-likeness (QED) is 0.862. The van der Waals surface area contributed by atoms with Crippen LogP contribution in [0.5, 0.6) is 0 Å². The van der Waals surface area contributed by atoms with E-state index in [2.05, 4.69) is 4.98 Å². The van der Waals surface area contributed by atoms with Gasteiger partial charge in [-0.2, -0.15) is 0 Å². The normalized spacial score (nSPS) is 10.6. The molecular formula is C12H10FNO3S. The zero-order valence-electron chi connectivity index (χ0n) is 9.51. The highest BCUT2D eigenvalue weighted by Gasteiger charge is 2.11. The molecule has 4 nitrogen and oxygen atoms in total. The van der Waals surface area contributed by atoms with Crippen LogP contribution in [0.3, 0.4) is 0 Å². The van der Waals surface area contributed by atoms with Gasteiger partial charge in [0.2, 0.25) is 0 Å². The Morgan fingerprint density at radius 3 is 2.94 bits per heavy atom. The Balaban J connectivity index is 2.10. The third-order valence-corrected chi connectivity index (χ3v) is 3.13. The highest BCUT2D eigenvalue weighted by Crippen LogP contribution is 2.23. The van der Waals surface area contributed by atoms with E-state index in [4.69, 9.17) is 9.52 Å². The molecule has 0 saturated carbocycles. The molecule has 6 heteroatoms. The minimum absolute atomic E-state index is 0.323. The first-order valence-corrected chi connectivity index (χ1v) is 6.11. The van der Waals surface area contributed by atoms with E-state index in [0.29, 0.717) is 16.5 Å². The van der Waals surface area contributed by atoms with Gasteiger partial charge in [-0.3, -0.25) is 0 Å². The lowest BCUT2D eigenvalue weighted by Crippen LogP contribution is -2.01. The molecule has 94 valence electrons. The van der Waals surface area contributed by atoms with Gasteiger partial charge in [0.15, 0.2) is 0 Å². The third-order valence-electron chi connectivity index (χ3n) is 2.22. The number of halogens is 1. The highest BCUT2D eigenvalue weighted by atomic mass is 32.2. The van der Waals surface area contributed by atoms with E-state index in [0.717, 1.165) is 11.8 Å². The second kappa shape index (κ2) is 5.22. The van der Waals surface area contributed by atoms with Crippen LogP contribution in [-0.4, -0.2) is 16.1 Å². The zero-order valence-corrected chi connectivity index (χ0v) is 10.3. The third kappa shape index (κ3) is 2.89. The maximum absolute atomic E-state index is 13.2. The molecule has 1 heterocycles. The number of aryl methyl sites for hydroxylation is 1. The van der Waals surface area contributed by atoms with Gasteiger partial charge in [-0.05, 0) is 24.6 Å². The average Bonchev–Trinajstić information content (AvgIpc) is 2.74. The van der Waals surface area contributed by atoms with E-state index in [9.17, 15) is 9.18 Å². The van der Waals surface area contributed by atoms with E-state index in [-0.39, 0.29) is 5.56 Å². The molecule has 1 aromatic heterocycles. The van der Waals surface area contributed by atoms with Crippen molar-refractivity contribution in [2.24, 2.45) is 0 Å². The predicted octanol–water partition coefficient (Wildman–Crippen LogP) is 3.11. The molecule has 0 aliphatic rings. The standard InChI is InChI=1S/C12H10FNO3S/c1-7-5-17-12(14-7)18-6-8-2-3-10(13)9(4-8)11(15)16/h2-5H,6H2,1H3,(H,15,16). The molecule has 0 atom stereocenters. The molecule has 0 radical (unpaired) electrons. The molecule has 2 aromatic rings. The number of oxazole rings is 1. The van der Waals surface area contributed by atoms with E-state index < -0.39 is 11.8 Å². The van der Waals surface area contributed by atoms with Crippen LogP contribution in [0.1, 0.15) is 21.6 Å². The molecule has 0 unspecified atom stereocenters. The van der Waals surface area contributed by atoms with Gasteiger partial charge in [-0.1, -0.05) is 17.8 Å². The monoisotopic (exact) mass is 267 g/mol. The minimum atomic E-state index is -1.27. The predicted molar refractivity (Wildman–Crippen MR) is 64.2 cm³/mol. The lowest BCUT2D eigenvalue weighted by molar-refractivity contribution is 0.0692. The first kappa shape index (κ1) is 12.6. The first-order valence-electron chi connectivity index (χ1n) is 5.13. The lowest BCUT2D eigenvalue weighted by atomic mass is 10.1. The molecule has 2 rings (SSSR count). The number of carboxylic acid groups (broad SMARTS) is 1. The first-order chi connectivity index (χ1) is 8.56. The van der Waals surface area contributed by atoms with E-state index in [1.54, 1.807) is 6.07 Å². The van der Waals surface area contributed by atoms with Crippen molar-refractivity contribution >= 4 is 17.7 Å². The Kier molecular flexibility index (Phi) is 3.66. The summed E-state index contributed by atoms with van der Waals surface area (Å²) < 4.78 is 18.3. The molecule has 0 bridgehead atoms. The highest BCUT2D eigenvalue weighted by molar-refractivity contribution is 7.98. The molecule has 0 aliphatic carbocycles. The Bertz CT molecular complexity index is 582. The number of hydrogen-bond donors (Lipinski definition) is 1. The van der Waals surface area contributed by atoms with Crippen LogP contribution in [0.25, 0.3) is 0 Å². The van der Waals surface area contributed by atoms with Crippen LogP contribution >= 0.6 is 11.8 Å². The summed E-state index contributed by atoms with van der Waals surface area (Å²) in [4.78, 5) is 14.9. The Labute approximate surface area is 107 Å². The second-order valence-corrected chi connectivity index (χ2v) is 4.59. The van der Waals surface area contributed by atoms with Crippen molar-refractivity contribution in [1.82, 2.24) is 4.98 Å². The molecule has 0 saturated heterocycles.